The molecule has 0 amide bonds. The van der Waals surface area contributed by atoms with Gasteiger partial charge in [0.05, 0.1) is 37.4 Å². The van der Waals surface area contributed by atoms with Crippen molar-refractivity contribution in [2.75, 3.05) is 7.11 Å². The molecular formula is C14H12N2O4S. The summed E-state index contributed by atoms with van der Waals surface area (Å²) in [4.78, 5) is 11.7. The SMILES string of the molecule is COC(=O)C[C@@H](c1ccco1)c1c(O)ccc2nsnc12. The molecule has 0 radical (unpaired) electrons. The fourth-order valence-electron chi connectivity index (χ4n) is 2.29. The molecule has 1 N–H and O–H groups in total. The average molecular weight is 304 g/mol. The number of ether oxygens (including phenoxy) is 1. The maximum atomic E-state index is 11.7. The number of aromatic nitrogens is 2. The fourth-order valence-corrected chi connectivity index (χ4v) is 2.84. The molecule has 108 valence electrons. The molecule has 2 aromatic heterocycles. The molecule has 0 aliphatic carbocycles. The molecule has 3 rings (SSSR count). The number of furan rings is 1. The van der Waals surface area contributed by atoms with Crippen LogP contribution in [0.2, 0.25) is 0 Å². The topological polar surface area (TPSA) is 85.5 Å². The predicted octanol–water partition coefficient (Wildman–Crippen LogP) is 2.68. The van der Waals surface area contributed by atoms with Crippen molar-refractivity contribution in [1.29, 1.82) is 0 Å². The first kappa shape index (κ1) is 13.6. The van der Waals surface area contributed by atoms with Gasteiger partial charge in [0.15, 0.2) is 0 Å². The Bertz CT molecular complexity index is 766. The van der Waals surface area contributed by atoms with Gasteiger partial charge in [-0.3, -0.25) is 4.79 Å². The van der Waals surface area contributed by atoms with Gasteiger partial charge < -0.3 is 14.3 Å². The van der Waals surface area contributed by atoms with E-state index in [1.165, 1.54) is 13.4 Å². The van der Waals surface area contributed by atoms with E-state index >= 15 is 0 Å². The van der Waals surface area contributed by atoms with Gasteiger partial charge in [-0.05, 0) is 24.3 Å². The van der Waals surface area contributed by atoms with Crippen LogP contribution in [-0.4, -0.2) is 26.9 Å². The van der Waals surface area contributed by atoms with Crippen molar-refractivity contribution in [2.45, 2.75) is 12.3 Å². The van der Waals surface area contributed by atoms with Gasteiger partial charge in [-0.2, -0.15) is 8.75 Å². The minimum atomic E-state index is -0.472. The van der Waals surface area contributed by atoms with Crippen molar-refractivity contribution >= 4 is 28.7 Å². The van der Waals surface area contributed by atoms with Crippen molar-refractivity contribution in [2.24, 2.45) is 0 Å². The number of phenolic OH excluding ortho intramolecular Hbond substituents is 1. The molecule has 1 atom stereocenters. The molecule has 0 saturated carbocycles. The van der Waals surface area contributed by atoms with Crippen molar-refractivity contribution in [3.8, 4) is 5.75 Å². The van der Waals surface area contributed by atoms with Gasteiger partial charge in [0.25, 0.3) is 0 Å². The van der Waals surface area contributed by atoms with Crippen LogP contribution in [0.15, 0.2) is 34.9 Å². The molecule has 0 aliphatic rings. The normalized spacial score (nSPS) is 12.4. The van der Waals surface area contributed by atoms with E-state index in [1.54, 1.807) is 24.3 Å². The number of nitrogens with zero attached hydrogens (tertiary/aromatic N) is 2. The molecule has 6 nitrogen and oxygen atoms in total. The zero-order chi connectivity index (χ0) is 14.8. The minimum Gasteiger partial charge on any atom is -0.508 e. The molecule has 7 heteroatoms. The molecule has 21 heavy (non-hydrogen) atoms. The lowest BCUT2D eigenvalue weighted by Crippen LogP contribution is -2.10. The van der Waals surface area contributed by atoms with Crippen LogP contribution < -0.4 is 0 Å². The van der Waals surface area contributed by atoms with E-state index in [-0.39, 0.29) is 12.2 Å². The quantitative estimate of drug-likeness (QED) is 0.746. The first-order valence-corrected chi connectivity index (χ1v) is 6.98. The van der Waals surface area contributed by atoms with Gasteiger partial charge in [0.1, 0.15) is 22.5 Å². The largest absolute Gasteiger partial charge is 0.508 e. The van der Waals surface area contributed by atoms with Gasteiger partial charge in [-0.1, -0.05) is 0 Å². The Morgan fingerprint density at radius 2 is 2.29 bits per heavy atom. The van der Waals surface area contributed by atoms with Gasteiger partial charge in [-0.15, -0.1) is 0 Å². The summed E-state index contributed by atoms with van der Waals surface area (Å²) < 4.78 is 18.5. The first-order valence-electron chi connectivity index (χ1n) is 6.25. The third-order valence-corrected chi connectivity index (χ3v) is 3.82. The zero-order valence-corrected chi connectivity index (χ0v) is 12.0. The van der Waals surface area contributed by atoms with Crippen molar-refractivity contribution in [3.05, 3.63) is 41.9 Å². The van der Waals surface area contributed by atoms with Crippen molar-refractivity contribution in [3.63, 3.8) is 0 Å². The van der Waals surface area contributed by atoms with Gasteiger partial charge in [0, 0.05) is 5.56 Å². The van der Waals surface area contributed by atoms with Gasteiger partial charge >= 0.3 is 5.97 Å². The van der Waals surface area contributed by atoms with E-state index in [0.717, 1.165) is 11.7 Å². The molecule has 0 saturated heterocycles. The highest BCUT2D eigenvalue weighted by molar-refractivity contribution is 7.00. The van der Waals surface area contributed by atoms with Crippen LogP contribution in [0, 0.1) is 0 Å². The second-order valence-electron chi connectivity index (χ2n) is 4.48. The van der Waals surface area contributed by atoms with E-state index in [9.17, 15) is 9.90 Å². The average Bonchev–Trinajstić information content (AvgIpc) is 3.16. The van der Waals surface area contributed by atoms with Crippen LogP contribution >= 0.6 is 11.7 Å². The number of hydrogen-bond acceptors (Lipinski definition) is 7. The van der Waals surface area contributed by atoms with Crippen LogP contribution in [0.5, 0.6) is 5.75 Å². The summed E-state index contributed by atoms with van der Waals surface area (Å²) in [6, 6.07) is 6.73. The molecule has 0 bridgehead atoms. The maximum Gasteiger partial charge on any atom is 0.306 e. The number of carbonyl (C=O) groups is 1. The second-order valence-corrected chi connectivity index (χ2v) is 5.01. The Morgan fingerprint density at radius 3 is 3.00 bits per heavy atom. The van der Waals surface area contributed by atoms with E-state index in [4.69, 9.17) is 9.15 Å². The highest BCUT2D eigenvalue weighted by atomic mass is 32.1. The van der Waals surface area contributed by atoms with E-state index in [0.29, 0.717) is 22.4 Å². The number of hydrogen-bond donors (Lipinski definition) is 1. The van der Waals surface area contributed by atoms with Crippen LogP contribution in [0.25, 0.3) is 11.0 Å². The lowest BCUT2D eigenvalue weighted by molar-refractivity contribution is -0.140. The highest BCUT2D eigenvalue weighted by Crippen LogP contribution is 2.38. The summed E-state index contributed by atoms with van der Waals surface area (Å²) in [6.07, 6.45) is 1.57. The Morgan fingerprint density at radius 1 is 1.43 bits per heavy atom. The Hall–Kier alpha value is -2.41. The molecule has 0 aliphatic heterocycles. The second kappa shape index (κ2) is 5.53. The van der Waals surface area contributed by atoms with Crippen molar-refractivity contribution in [1.82, 2.24) is 8.75 Å². The highest BCUT2D eigenvalue weighted by Gasteiger charge is 2.27. The molecule has 3 aromatic rings. The predicted molar refractivity (Wildman–Crippen MR) is 76.3 cm³/mol. The van der Waals surface area contributed by atoms with Gasteiger partial charge in [-0.25, -0.2) is 0 Å². The Labute approximate surface area is 124 Å². The van der Waals surface area contributed by atoms with E-state index < -0.39 is 11.9 Å². The number of esters is 1. The van der Waals surface area contributed by atoms with Gasteiger partial charge in [0.2, 0.25) is 0 Å². The van der Waals surface area contributed by atoms with Crippen LogP contribution in [-0.2, 0) is 9.53 Å². The fraction of sp³-hybridized carbons (Fsp3) is 0.214. The number of aromatic hydroxyl groups is 1. The number of rotatable bonds is 4. The standard InChI is InChI=1S/C14H12N2O4S/c1-19-12(18)7-8(11-3-2-6-20-11)13-10(17)5-4-9-14(13)16-21-15-9/h2-6,8,17H,7H2,1H3/t8-/m0/s1. The molecule has 1 aromatic carbocycles. The van der Waals surface area contributed by atoms with Crippen LogP contribution in [0.4, 0.5) is 0 Å². The molecule has 0 spiro atoms. The summed E-state index contributed by atoms with van der Waals surface area (Å²) in [7, 11) is 1.33. The molecule has 2 heterocycles. The molecule has 0 fully saturated rings. The lowest BCUT2D eigenvalue weighted by Gasteiger charge is -2.15. The zero-order valence-electron chi connectivity index (χ0n) is 11.1. The summed E-state index contributed by atoms with van der Waals surface area (Å²) in [5.74, 6) is -0.243. The van der Waals surface area contributed by atoms with E-state index in [1.807, 2.05) is 0 Å². The maximum absolute atomic E-state index is 11.7. The smallest absolute Gasteiger partial charge is 0.306 e. The molecule has 0 unspecified atom stereocenters. The summed E-state index contributed by atoms with van der Waals surface area (Å²) >= 11 is 1.06. The first-order chi connectivity index (χ1) is 10.2. The monoisotopic (exact) mass is 304 g/mol. The van der Waals surface area contributed by atoms with E-state index in [2.05, 4.69) is 8.75 Å². The third-order valence-electron chi connectivity index (χ3n) is 3.28. The van der Waals surface area contributed by atoms with Crippen LogP contribution in [0.1, 0.15) is 23.7 Å². The number of benzene rings is 1. The minimum absolute atomic E-state index is 0.0498. The number of fused-ring (bicyclic) bond motifs is 1. The van der Waals surface area contributed by atoms with Crippen molar-refractivity contribution < 1.29 is 19.1 Å². The molecular weight excluding hydrogens is 292 g/mol. The number of methoxy groups -OCH3 is 1. The summed E-state index contributed by atoms with van der Waals surface area (Å²) in [5, 5.41) is 10.2. The summed E-state index contributed by atoms with van der Waals surface area (Å²) in [6.45, 7) is 0. The summed E-state index contributed by atoms with van der Waals surface area (Å²) in [5.41, 5.74) is 1.78. The third kappa shape index (κ3) is 2.47. The Balaban J connectivity index is 2.16. The Kier molecular flexibility index (Phi) is 3.57. The number of phenols is 1. The number of carbonyl (C=O) groups excluding carboxylic acids is 1. The van der Waals surface area contributed by atoms with Crippen LogP contribution in [0.3, 0.4) is 0 Å². The lowest BCUT2D eigenvalue weighted by atomic mass is 9.91.